The molecule has 1 rings (SSSR count). The van der Waals surface area contributed by atoms with Crippen LogP contribution < -0.4 is 0 Å². The first-order valence-electron chi connectivity index (χ1n) is 5.57. The summed E-state index contributed by atoms with van der Waals surface area (Å²) in [6, 6.07) is 4.54. The monoisotopic (exact) mass is 306 g/mol. The molecule has 0 radical (unpaired) electrons. The third kappa shape index (κ3) is 4.84. The van der Waals surface area contributed by atoms with Gasteiger partial charge in [-0.2, -0.15) is 0 Å². The molecule has 0 N–H and O–H groups in total. The van der Waals surface area contributed by atoms with Crippen LogP contribution in [0.3, 0.4) is 0 Å². The van der Waals surface area contributed by atoms with Gasteiger partial charge < -0.3 is 0 Å². The summed E-state index contributed by atoms with van der Waals surface area (Å²) in [6.45, 7) is 4.40. The van der Waals surface area contributed by atoms with E-state index in [0.29, 0.717) is 15.8 Å². The van der Waals surface area contributed by atoms with Gasteiger partial charge in [-0.05, 0) is 48.9 Å². The lowest BCUT2D eigenvalue weighted by Gasteiger charge is -2.12. The minimum atomic E-state index is -0.214. The third-order valence-corrected chi connectivity index (χ3v) is 3.66. The number of rotatable bonds is 5. The van der Waals surface area contributed by atoms with E-state index in [-0.39, 0.29) is 5.82 Å². The molecular formula is C13H17BrClF. The fraction of sp³-hybridized carbons (Fsp3) is 0.538. The first-order chi connectivity index (χ1) is 7.49. The van der Waals surface area contributed by atoms with Crippen LogP contribution in [0.4, 0.5) is 4.39 Å². The molecule has 0 aromatic heterocycles. The molecule has 0 spiro atoms. The maximum absolute atomic E-state index is 13.0. The number of alkyl halides is 1. The fourth-order valence-corrected chi connectivity index (χ4v) is 2.86. The highest BCUT2D eigenvalue weighted by molar-refractivity contribution is 9.09. The Morgan fingerprint density at radius 3 is 2.69 bits per heavy atom. The van der Waals surface area contributed by atoms with Gasteiger partial charge in [0.1, 0.15) is 5.82 Å². The van der Waals surface area contributed by atoms with Crippen molar-refractivity contribution in [3.8, 4) is 0 Å². The van der Waals surface area contributed by atoms with Gasteiger partial charge in [-0.25, -0.2) is 4.39 Å². The van der Waals surface area contributed by atoms with Crippen LogP contribution in [-0.4, -0.2) is 4.83 Å². The summed E-state index contributed by atoms with van der Waals surface area (Å²) in [6.07, 6.45) is 2.94. The number of hydrogen-bond acceptors (Lipinski definition) is 0. The van der Waals surface area contributed by atoms with Gasteiger partial charge in [0.25, 0.3) is 0 Å². The molecule has 3 heteroatoms. The molecule has 0 aliphatic rings. The van der Waals surface area contributed by atoms with Crippen LogP contribution >= 0.6 is 27.5 Å². The van der Waals surface area contributed by atoms with Gasteiger partial charge in [-0.15, -0.1) is 0 Å². The zero-order chi connectivity index (χ0) is 12.1. The van der Waals surface area contributed by atoms with Crippen molar-refractivity contribution < 1.29 is 4.39 Å². The van der Waals surface area contributed by atoms with E-state index in [2.05, 4.69) is 29.8 Å². The summed E-state index contributed by atoms with van der Waals surface area (Å²) in [4.78, 5) is 0.479. The van der Waals surface area contributed by atoms with Crippen LogP contribution in [0.25, 0.3) is 0 Å². The van der Waals surface area contributed by atoms with Crippen LogP contribution in [0.5, 0.6) is 0 Å². The number of aryl methyl sites for hydroxylation is 1. The van der Waals surface area contributed by atoms with E-state index >= 15 is 0 Å². The van der Waals surface area contributed by atoms with Crippen molar-refractivity contribution in [2.24, 2.45) is 5.92 Å². The Labute approximate surface area is 110 Å². The topological polar surface area (TPSA) is 0 Å². The average Bonchev–Trinajstić information content (AvgIpc) is 2.18. The Hall–Kier alpha value is -0.0800. The average molecular weight is 308 g/mol. The van der Waals surface area contributed by atoms with Crippen molar-refractivity contribution in [2.45, 2.75) is 37.9 Å². The SMILES string of the molecule is CC(C)CC(Br)CCc1cc(F)ccc1Cl. The molecule has 1 atom stereocenters. The molecular weight excluding hydrogens is 290 g/mol. The number of hydrogen-bond donors (Lipinski definition) is 0. The molecule has 90 valence electrons. The second-order valence-electron chi connectivity index (χ2n) is 4.50. The van der Waals surface area contributed by atoms with Gasteiger partial charge in [0, 0.05) is 9.85 Å². The highest BCUT2D eigenvalue weighted by Crippen LogP contribution is 2.23. The zero-order valence-corrected chi connectivity index (χ0v) is 12.0. The molecule has 1 unspecified atom stereocenters. The van der Waals surface area contributed by atoms with E-state index in [9.17, 15) is 4.39 Å². The minimum absolute atomic E-state index is 0.214. The molecule has 0 saturated carbocycles. The maximum Gasteiger partial charge on any atom is 0.123 e. The van der Waals surface area contributed by atoms with Crippen LogP contribution in [-0.2, 0) is 6.42 Å². The van der Waals surface area contributed by atoms with Crippen molar-refractivity contribution in [1.82, 2.24) is 0 Å². The molecule has 1 aromatic rings. The van der Waals surface area contributed by atoms with Gasteiger partial charge in [-0.1, -0.05) is 41.4 Å². The lowest BCUT2D eigenvalue weighted by molar-refractivity contribution is 0.553. The summed E-state index contributed by atoms with van der Waals surface area (Å²) < 4.78 is 13.0. The van der Waals surface area contributed by atoms with Gasteiger partial charge in [0.2, 0.25) is 0 Å². The third-order valence-electron chi connectivity index (χ3n) is 2.46. The molecule has 0 heterocycles. The first-order valence-corrected chi connectivity index (χ1v) is 6.86. The Kier molecular flexibility index (Phi) is 5.77. The Morgan fingerprint density at radius 1 is 1.38 bits per heavy atom. The Balaban J connectivity index is 2.51. The zero-order valence-electron chi connectivity index (χ0n) is 9.64. The van der Waals surface area contributed by atoms with Crippen molar-refractivity contribution in [3.63, 3.8) is 0 Å². The van der Waals surface area contributed by atoms with E-state index in [1.807, 2.05) is 0 Å². The summed E-state index contributed by atoms with van der Waals surface area (Å²) in [5, 5.41) is 0.658. The van der Waals surface area contributed by atoms with E-state index in [1.54, 1.807) is 6.07 Å². The maximum atomic E-state index is 13.0. The van der Waals surface area contributed by atoms with E-state index < -0.39 is 0 Å². The lowest BCUT2D eigenvalue weighted by Crippen LogP contribution is -2.04. The summed E-state index contributed by atoms with van der Waals surface area (Å²) in [5.74, 6) is 0.460. The molecule has 0 aliphatic carbocycles. The van der Waals surface area contributed by atoms with E-state index in [0.717, 1.165) is 24.8 Å². The molecule has 0 amide bonds. The Morgan fingerprint density at radius 2 is 2.06 bits per heavy atom. The highest BCUT2D eigenvalue weighted by atomic mass is 79.9. The Bertz CT molecular complexity index is 339. The molecule has 0 fully saturated rings. The molecule has 0 nitrogen and oxygen atoms in total. The van der Waals surface area contributed by atoms with Crippen molar-refractivity contribution in [1.29, 1.82) is 0 Å². The fourth-order valence-electron chi connectivity index (χ4n) is 1.68. The normalized spacial score (nSPS) is 13.1. The predicted octanol–water partition coefficient (Wildman–Crippen LogP) is 5.22. The molecule has 0 bridgehead atoms. The molecule has 0 aliphatic heterocycles. The van der Waals surface area contributed by atoms with Crippen LogP contribution in [0, 0.1) is 11.7 Å². The lowest BCUT2D eigenvalue weighted by atomic mass is 10.0. The molecule has 0 saturated heterocycles. The summed E-state index contributed by atoms with van der Waals surface area (Å²) >= 11 is 9.65. The van der Waals surface area contributed by atoms with Crippen LogP contribution in [0.2, 0.25) is 5.02 Å². The van der Waals surface area contributed by atoms with E-state index in [1.165, 1.54) is 12.1 Å². The minimum Gasteiger partial charge on any atom is -0.207 e. The second-order valence-corrected chi connectivity index (χ2v) is 6.20. The smallest absolute Gasteiger partial charge is 0.123 e. The first kappa shape index (κ1) is 14.0. The number of benzene rings is 1. The molecule has 16 heavy (non-hydrogen) atoms. The van der Waals surface area contributed by atoms with Crippen molar-refractivity contribution >= 4 is 27.5 Å². The summed E-state index contributed by atoms with van der Waals surface area (Å²) in [7, 11) is 0. The largest absolute Gasteiger partial charge is 0.207 e. The predicted molar refractivity (Wildman–Crippen MR) is 71.9 cm³/mol. The van der Waals surface area contributed by atoms with Gasteiger partial charge in [0.05, 0.1) is 0 Å². The quantitative estimate of drug-likeness (QED) is 0.654. The van der Waals surface area contributed by atoms with Crippen molar-refractivity contribution in [2.75, 3.05) is 0 Å². The van der Waals surface area contributed by atoms with Gasteiger partial charge in [0.15, 0.2) is 0 Å². The second kappa shape index (κ2) is 6.61. The molecule has 1 aromatic carbocycles. The standard InChI is InChI=1S/C13H17BrClF/c1-9(2)7-11(14)4-3-10-8-12(16)5-6-13(10)15/h5-6,8-9,11H,3-4,7H2,1-2H3. The highest BCUT2D eigenvalue weighted by Gasteiger charge is 2.09. The number of halogens is 3. The van der Waals surface area contributed by atoms with Crippen LogP contribution in [0.1, 0.15) is 32.3 Å². The summed E-state index contributed by atoms with van der Waals surface area (Å²) in [5.41, 5.74) is 0.898. The van der Waals surface area contributed by atoms with Crippen molar-refractivity contribution in [3.05, 3.63) is 34.6 Å². The van der Waals surface area contributed by atoms with Gasteiger partial charge in [-0.3, -0.25) is 0 Å². The van der Waals surface area contributed by atoms with Gasteiger partial charge >= 0.3 is 0 Å². The van der Waals surface area contributed by atoms with E-state index in [4.69, 9.17) is 11.6 Å². The van der Waals surface area contributed by atoms with Crippen LogP contribution in [0.15, 0.2) is 18.2 Å².